The third-order valence-electron chi connectivity index (χ3n) is 10.4. The second kappa shape index (κ2) is 6.58. The number of aliphatic hydroxyl groups is 1. The van der Waals surface area contributed by atoms with Gasteiger partial charge in [0.05, 0.1) is 11.7 Å². The van der Waals surface area contributed by atoms with Crippen LogP contribution < -0.4 is 0 Å². The van der Waals surface area contributed by atoms with Crippen LogP contribution >= 0.6 is 0 Å². The summed E-state index contributed by atoms with van der Waals surface area (Å²) in [5, 5.41) is 22.6. The Balaban J connectivity index is 1.20. The lowest BCUT2D eigenvalue weighted by molar-refractivity contribution is -0.132. The number of carbonyl (C=O) groups is 1. The zero-order valence-electron chi connectivity index (χ0n) is 18.1. The van der Waals surface area contributed by atoms with Crippen LogP contribution in [0, 0.1) is 46.8 Å². The van der Waals surface area contributed by atoms with Crippen molar-refractivity contribution in [2.75, 3.05) is 7.11 Å². The number of ether oxygens (including phenoxy) is 1. The summed E-state index contributed by atoms with van der Waals surface area (Å²) in [7, 11) is 1.76. The van der Waals surface area contributed by atoms with E-state index in [9.17, 15) is 9.90 Å². The Morgan fingerprint density at radius 3 is 2.63 bits per heavy atom. The van der Waals surface area contributed by atoms with Crippen molar-refractivity contribution >= 4 is 5.78 Å². The van der Waals surface area contributed by atoms with Crippen molar-refractivity contribution in [3.63, 3.8) is 0 Å². The molecular weight excluding hydrogens is 380 g/mol. The summed E-state index contributed by atoms with van der Waals surface area (Å²) in [4.78, 5) is 14.6. The average Bonchev–Trinajstić information content (AvgIpc) is 3.04. The van der Waals surface area contributed by atoms with E-state index in [2.05, 4.69) is 22.3 Å². The number of fused-ring (bicyclic) bond motifs is 7. The van der Waals surface area contributed by atoms with Gasteiger partial charge in [-0.05, 0) is 91.6 Å². The van der Waals surface area contributed by atoms with Crippen LogP contribution in [0.2, 0.25) is 0 Å². The fraction of sp³-hybridized carbons (Fsp3) is 0.913. The van der Waals surface area contributed by atoms with E-state index in [-0.39, 0.29) is 29.8 Å². The third kappa shape index (κ3) is 2.51. The summed E-state index contributed by atoms with van der Waals surface area (Å²) in [5.41, 5.74) is -0.415. The minimum absolute atomic E-state index is 0.0665. The first kappa shape index (κ1) is 19.4. The lowest BCUT2D eigenvalue weighted by Crippen LogP contribution is -2.50. The molecular formula is C23H34N4O3. The molecule has 5 aliphatic rings. The quantitative estimate of drug-likeness (QED) is 0.814. The van der Waals surface area contributed by atoms with Crippen molar-refractivity contribution in [1.29, 1.82) is 0 Å². The smallest absolute Gasteiger partial charge is 0.162 e. The van der Waals surface area contributed by atoms with Crippen molar-refractivity contribution < 1.29 is 14.6 Å². The number of rotatable bonds is 4. The first-order chi connectivity index (χ1) is 14.5. The second-order valence-corrected chi connectivity index (χ2v) is 11.2. The van der Waals surface area contributed by atoms with Crippen molar-refractivity contribution in [2.24, 2.45) is 46.8 Å². The lowest BCUT2D eigenvalue weighted by Gasteiger charge is -2.55. The van der Waals surface area contributed by atoms with Crippen LogP contribution in [0.5, 0.6) is 0 Å². The summed E-state index contributed by atoms with van der Waals surface area (Å²) in [6.45, 7) is 2.65. The summed E-state index contributed by atoms with van der Waals surface area (Å²) in [6, 6.07) is 0. The monoisotopic (exact) mass is 414 g/mol. The van der Waals surface area contributed by atoms with E-state index in [1.807, 2.05) is 0 Å². The highest BCUT2D eigenvalue weighted by Crippen LogP contribution is 2.69. The van der Waals surface area contributed by atoms with Crippen molar-refractivity contribution in [1.82, 2.24) is 20.2 Å². The normalized spacial score (nSPS) is 51.4. The van der Waals surface area contributed by atoms with Gasteiger partial charge in [-0.25, -0.2) is 0 Å². The number of tetrazole rings is 1. The molecule has 1 N–H and O–H groups in total. The summed E-state index contributed by atoms with van der Waals surface area (Å²) < 4.78 is 5.66. The molecule has 5 aliphatic carbocycles. The molecule has 1 aromatic heterocycles. The first-order valence-corrected chi connectivity index (χ1v) is 12.0. The van der Waals surface area contributed by atoms with Gasteiger partial charge in [0.2, 0.25) is 0 Å². The van der Waals surface area contributed by atoms with Gasteiger partial charge in [-0.2, -0.15) is 4.80 Å². The fourth-order valence-corrected chi connectivity index (χ4v) is 9.17. The Kier molecular flexibility index (Phi) is 4.24. The standard InChI is InChI=1S/C23H34N4O3/c1-22-9-7-13-14-8-10-23(29)20(21(23)30-2)16(14)4-3-15(13)17(22)5-6-18(22)19(28)11-27-25-12-24-26-27/h12-18,20-21,29H,3-11H2,1-2H3/t13-,14-,15-,16+,17+,18-,20?,21?,22+,23-/m1/s1. The zero-order valence-corrected chi connectivity index (χ0v) is 18.1. The number of hydrogen-bond acceptors (Lipinski definition) is 6. The molecule has 0 spiro atoms. The van der Waals surface area contributed by atoms with E-state index in [0.717, 1.165) is 43.4 Å². The van der Waals surface area contributed by atoms with E-state index in [4.69, 9.17) is 4.74 Å². The molecule has 7 nitrogen and oxygen atoms in total. The molecule has 1 heterocycles. The Morgan fingerprint density at radius 1 is 1.10 bits per heavy atom. The van der Waals surface area contributed by atoms with Gasteiger partial charge in [0.25, 0.3) is 0 Å². The zero-order chi connectivity index (χ0) is 20.7. The van der Waals surface area contributed by atoms with Gasteiger partial charge < -0.3 is 9.84 Å². The molecule has 1 aromatic rings. The molecule has 6 rings (SSSR count). The first-order valence-electron chi connectivity index (χ1n) is 12.0. The summed E-state index contributed by atoms with van der Waals surface area (Å²) >= 11 is 0. The molecule has 5 fully saturated rings. The van der Waals surface area contributed by atoms with Crippen LogP contribution in [-0.2, 0) is 16.1 Å². The molecule has 0 saturated heterocycles. The van der Waals surface area contributed by atoms with Gasteiger partial charge in [0, 0.05) is 18.9 Å². The van der Waals surface area contributed by atoms with Gasteiger partial charge in [0.1, 0.15) is 6.54 Å². The van der Waals surface area contributed by atoms with Crippen LogP contribution in [0.3, 0.4) is 0 Å². The predicted molar refractivity (Wildman–Crippen MR) is 108 cm³/mol. The second-order valence-electron chi connectivity index (χ2n) is 11.2. The average molecular weight is 415 g/mol. The number of aromatic nitrogens is 4. The Morgan fingerprint density at radius 2 is 1.87 bits per heavy atom. The molecule has 0 bridgehead atoms. The molecule has 0 aliphatic heterocycles. The van der Waals surface area contributed by atoms with Gasteiger partial charge >= 0.3 is 0 Å². The molecule has 7 heteroatoms. The van der Waals surface area contributed by atoms with E-state index in [1.54, 1.807) is 7.11 Å². The number of ketones is 1. The predicted octanol–water partition coefficient (Wildman–Crippen LogP) is 2.50. The Bertz CT molecular complexity index is 830. The lowest BCUT2D eigenvalue weighted by atomic mass is 9.49. The maximum Gasteiger partial charge on any atom is 0.162 e. The number of Topliss-reactive ketones (excluding diaryl/α,β-unsaturated/α-hetero) is 1. The van der Waals surface area contributed by atoms with Crippen molar-refractivity contribution in [2.45, 2.75) is 76.5 Å². The molecule has 30 heavy (non-hydrogen) atoms. The number of hydrogen-bond donors (Lipinski definition) is 1. The third-order valence-corrected chi connectivity index (χ3v) is 10.4. The maximum absolute atomic E-state index is 13.1. The SMILES string of the molecule is COC1C2[C@H]3CC[C@@H]4[C@H](CC[C@]5(C)[C@@H](C(=O)Cn6ncnn6)CC[C@@H]45)[C@H]3CC[C@]12O. The molecule has 0 aromatic carbocycles. The van der Waals surface area contributed by atoms with Gasteiger partial charge in [-0.1, -0.05) is 6.92 Å². The van der Waals surface area contributed by atoms with Crippen molar-refractivity contribution in [3.05, 3.63) is 6.33 Å². The molecule has 0 radical (unpaired) electrons. The highest BCUT2D eigenvalue weighted by Gasteiger charge is 2.72. The number of carbonyl (C=O) groups excluding carboxylic acids is 1. The van der Waals surface area contributed by atoms with E-state index in [1.165, 1.54) is 36.8 Å². The molecule has 2 unspecified atom stereocenters. The van der Waals surface area contributed by atoms with Crippen molar-refractivity contribution in [3.8, 4) is 0 Å². The van der Waals surface area contributed by atoms with Crippen LogP contribution in [0.15, 0.2) is 6.33 Å². The highest BCUT2D eigenvalue weighted by molar-refractivity contribution is 5.81. The topological polar surface area (TPSA) is 90.1 Å². The maximum atomic E-state index is 13.1. The summed E-state index contributed by atoms with van der Waals surface area (Å²) in [6.07, 6.45) is 10.6. The number of methoxy groups -OCH3 is 1. The molecule has 164 valence electrons. The molecule has 0 amide bonds. The number of nitrogens with zero attached hydrogens (tertiary/aromatic N) is 4. The van der Waals surface area contributed by atoms with E-state index < -0.39 is 5.60 Å². The Hall–Kier alpha value is -1.34. The van der Waals surface area contributed by atoms with Crippen LogP contribution in [0.1, 0.15) is 58.3 Å². The van der Waals surface area contributed by atoms with Gasteiger partial charge in [-0.15, -0.1) is 10.2 Å². The van der Waals surface area contributed by atoms with Gasteiger partial charge in [0.15, 0.2) is 12.1 Å². The van der Waals surface area contributed by atoms with Crippen LogP contribution in [0.25, 0.3) is 0 Å². The van der Waals surface area contributed by atoms with Crippen LogP contribution in [-0.4, -0.2) is 49.9 Å². The Labute approximate surface area is 177 Å². The van der Waals surface area contributed by atoms with Gasteiger partial charge in [-0.3, -0.25) is 4.79 Å². The van der Waals surface area contributed by atoms with Crippen LogP contribution in [0.4, 0.5) is 0 Å². The largest absolute Gasteiger partial charge is 0.387 e. The van der Waals surface area contributed by atoms with E-state index in [0.29, 0.717) is 17.8 Å². The fourth-order valence-electron chi connectivity index (χ4n) is 9.17. The minimum atomic E-state index is -0.536. The highest BCUT2D eigenvalue weighted by atomic mass is 16.5. The van der Waals surface area contributed by atoms with E-state index >= 15 is 0 Å². The minimum Gasteiger partial charge on any atom is -0.387 e. The molecule has 10 atom stereocenters. The summed E-state index contributed by atoms with van der Waals surface area (Å²) in [5.74, 6) is 4.34. The molecule has 5 saturated carbocycles.